The Balaban J connectivity index is 1.41. The molecule has 0 unspecified atom stereocenters. The maximum Gasteiger partial charge on any atom is 0.294 e. The van der Waals surface area contributed by atoms with Crippen LogP contribution < -0.4 is 25.8 Å². The van der Waals surface area contributed by atoms with E-state index in [1.807, 2.05) is 23.6 Å². The van der Waals surface area contributed by atoms with Crippen molar-refractivity contribution < 1.29 is 9.47 Å². The van der Waals surface area contributed by atoms with Crippen molar-refractivity contribution in [1.29, 1.82) is 0 Å². The molecule has 9 heteroatoms. The number of hydrogen-bond donors (Lipinski definition) is 2. The Morgan fingerprint density at radius 3 is 2.63 bits per heavy atom. The summed E-state index contributed by atoms with van der Waals surface area (Å²) in [6, 6.07) is 10.2. The Bertz CT molecular complexity index is 1180. The van der Waals surface area contributed by atoms with Crippen molar-refractivity contribution in [2.75, 3.05) is 56.2 Å². The van der Waals surface area contributed by atoms with Crippen molar-refractivity contribution >= 4 is 28.4 Å². The van der Waals surface area contributed by atoms with Crippen LogP contribution in [0.1, 0.15) is 38.6 Å². The highest BCUT2D eigenvalue weighted by molar-refractivity contribution is 5.77. The first-order valence-corrected chi connectivity index (χ1v) is 12.7. The number of aromatic nitrogens is 3. The van der Waals surface area contributed by atoms with E-state index in [4.69, 9.17) is 14.5 Å². The molecule has 2 aliphatic rings. The first-order valence-electron chi connectivity index (χ1n) is 12.7. The third-order valence-corrected chi connectivity index (χ3v) is 6.73. The number of rotatable bonds is 9. The van der Waals surface area contributed by atoms with E-state index in [9.17, 15) is 4.79 Å². The molecule has 1 aliphatic carbocycles. The molecule has 35 heavy (non-hydrogen) atoms. The van der Waals surface area contributed by atoms with Crippen molar-refractivity contribution in [2.45, 2.75) is 38.6 Å². The lowest BCUT2D eigenvalue weighted by Gasteiger charge is -2.29. The zero-order valence-corrected chi connectivity index (χ0v) is 20.3. The SMILES string of the molecule is CCOCCOc1cc2cnc(Nc3ccc(N4CCNCC4)cc3)nc2n(C2CCCC2)c1=O. The Hall–Kier alpha value is -3.17. The Kier molecular flexibility index (Phi) is 7.44. The van der Waals surface area contributed by atoms with Crippen molar-refractivity contribution in [3.63, 3.8) is 0 Å². The molecule has 186 valence electrons. The maximum absolute atomic E-state index is 13.4. The van der Waals surface area contributed by atoms with Crippen LogP contribution in [0.25, 0.3) is 11.0 Å². The molecule has 2 N–H and O–H groups in total. The van der Waals surface area contributed by atoms with E-state index in [0.29, 0.717) is 37.2 Å². The molecule has 0 amide bonds. The average Bonchev–Trinajstić information content (AvgIpc) is 3.42. The van der Waals surface area contributed by atoms with Gasteiger partial charge in [-0.2, -0.15) is 4.98 Å². The Morgan fingerprint density at radius 1 is 1.11 bits per heavy atom. The van der Waals surface area contributed by atoms with Crippen LogP contribution in [-0.2, 0) is 4.74 Å². The van der Waals surface area contributed by atoms with Crippen LogP contribution in [0.15, 0.2) is 41.3 Å². The fourth-order valence-electron chi connectivity index (χ4n) is 4.92. The number of fused-ring (bicyclic) bond motifs is 1. The van der Waals surface area contributed by atoms with Gasteiger partial charge >= 0.3 is 0 Å². The van der Waals surface area contributed by atoms with E-state index in [2.05, 4.69) is 32.7 Å². The van der Waals surface area contributed by atoms with Gasteiger partial charge in [-0.05, 0) is 50.1 Å². The van der Waals surface area contributed by atoms with Gasteiger partial charge in [-0.3, -0.25) is 9.36 Å². The minimum atomic E-state index is -0.133. The molecular weight excluding hydrogens is 444 g/mol. The van der Waals surface area contributed by atoms with E-state index in [0.717, 1.165) is 62.9 Å². The number of benzene rings is 1. The highest BCUT2D eigenvalue weighted by Gasteiger charge is 2.23. The number of ether oxygens (including phenoxy) is 2. The molecule has 9 nitrogen and oxygen atoms in total. The Labute approximate surface area is 205 Å². The topological polar surface area (TPSA) is 93.5 Å². The fourth-order valence-corrected chi connectivity index (χ4v) is 4.92. The van der Waals surface area contributed by atoms with Crippen molar-refractivity contribution in [3.05, 3.63) is 46.9 Å². The molecule has 1 saturated heterocycles. The quantitative estimate of drug-likeness (QED) is 0.452. The molecule has 0 radical (unpaired) electrons. The van der Waals surface area contributed by atoms with Gasteiger partial charge in [0.2, 0.25) is 5.95 Å². The molecule has 5 rings (SSSR count). The van der Waals surface area contributed by atoms with Gasteiger partial charge in [0.1, 0.15) is 12.3 Å². The second-order valence-electron chi connectivity index (χ2n) is 9.05. The number of hydrogen-bond acceptors (Lipinski definition) is 8. The summed E-state index contributed by atoms with van der Waals surface area (Å²) in [5.41, 5.74) is 2.64. The summed E-state index contributed by atoms with van der Waals surface area (Å²) in [7, 11) is 0. The fraction of sp³-hybridized carbons (Fsp3) is 0.500. The molecule has 3 heterocycles. The number of anilines is 3. The maximum atomic E-state index is 13.4. The largest absolute Gasteiger partial charge is 0.485 e. The first-order chi connectivity index (χ1) is 17.2. The predicted molar refractivity (Wildman–Crippen MR) is 138 cm³/mol. The van der Waals surface area contributed by atoms with E-state index in [1.165, 1.54) is 5.69 Å². The zero-order valence-electron chi connectivity index (χ0n) is 20.3. The molecule has 0 atom stereocenters. The van der Waals surface area contributed by atoms with Crippen molar-refractivity contribution in [2.24, 2.45) is 0 Å². The van der Waals surface area contributed by atoms with E-state index >= 15 is 0 Å². The van der Waals surface area contributed by atoms with Crippen LogP contribution in [0.3, 0.4) is 0 Å². The lowest BCUT2D eigenvalue weighted by molar-refractivity contribution is 0.109. The number of piperazine rings is 1. The summed E-state index contributed by atoms with van der Waals surface area (Å²) in [5, 5.41) is 7.49. The molecule has 3 aromatic rings. The van der Waals surface area contributed by atoms with Crippen LogP contribution in [0.5, 0.6) is 5.75 Å². The monoisotopic (exact) mass is 478 g/mol. The molecule has 1 aliphatic heterocycles. The summed E-state index contributed by atoms with van der Waals surface area (Å²) in [5.74, 6) is 0.806. The van der Waals surface area contributed by atoms with Gasteiger partial charge in [0.15, 0.2) is 5.75 Å². The van der Waals surface area contributed by atoms with Crippen molar-refractivity contribution in [3.8, 4) is 5.75 Å². The van der Waals surface area contributed by atoms with Gasteiger partial charge in [-0.15, -0.1) is 0 Å². The number of nitrogens with zero attached hydrogens (tertiary/aromatic N) is 4. The normalized spacial score (nSPS) is 16.7. The van der Waals surface area contributed by atoms with Gasteiger partial charge in [0.25, 0.3) is 5.56 Å². The number of pyridine rings is 1. The predicted octanol–water partition coefficient (Wildman–Crippen LogP) is 3.48. The van der Waals surface area contributed by atoms with E-state index in [-0.39, 0.29) is 11.6 Å². The lowest BCUT2D eigenvalue weighted by atomic mass is 10.2. The Morgan fingerprint density at radius 2 is 1.89 bits per heavy atom. The third kappa shape index (κ3) is 5.41. The summed E-state index contributed by atoms with van der Waals surface area (Å²) in [4.78, 5) is 25.1. The average molecular weight is 479 g/mol. The summed E-state index contributed by atoms with van der Waals surface area (Å²) in [6.45, 7) is 7.38. The highest BCUT2D eigenvalue weighted by Crippen LogP contribution is 2.31. The highest BCUT2D eigenvalue weighted by atomic mass is 16.5. The van der Waals surface area contributed by atoms with Crippen LogP contribution in [0.4, 0.5) is 17.3 Å². The van der Waals surface area contributed by atoms with Crippen LogP contribution in [0.2, 0.25) is 0 Å². The van der Waals surface area contributed by atoms with Gasteiger partial charge in [-0.1, -0.05) is 12.8 Å². The van der Waals surface area contributed by atoms with Crippen LogP contribution in [-0.4, -0.2) is 60.5 Å². The second-order valence-corrected chi connectivity index (χ2v) is 9.05. The lowest BCUT2D eigenvalue weighted by Crippen LogP contribution is -2.43. The van der Waals surface area contributed by atoms with Crippen LogP contribution in [0, 0.1) is 0 Å². The second kappa shape index (κ2) is 11.0. The molecule has 1 aromatic carbocycles. The van der Waals surface area contributed by atoms with Crippen LogP contribution >= 0.6 is 0 Å². The molecular formula is C26H34N6O3. The molecule has 0 spiro atoms. The summed E-state index contributed by atoms with van der Waals surface area (Å²) < 4.78 is 13.0. The summed E-state index contributed by atoms with van der Waals surface area (Å²) >= 11 is 0. The minimum Gasteiger partial charge on any atom is -0.485 e. The summed E-state index contributed by atoms with van der Waals surface area (Å²) in [6.07, 6.45) is 5.93. The standard InChI is InChI=1S/C26H34N6O3/c1-2-34-15-16-35-23-17-19-18-28-26(30-24(19)32(25(23)33)22-5-3-4-6-22)29-20-7-9-21(10-8-20)31-13-11-27-12-14-31/h7-10,17-18,22,27H,2-6,11-16H2,1H3,(H,28,29,30). The van der Waals surface area contributed by atoms with E-state index < -0.39 is 0 Å². The number of nitrogens with one attached hydrogen (secondary N) is 2. The van der Waals surface area contributed by atoms with Gasteiger partial charge in [0.05, 0.1) is 6.61 Å². The minimum absolute atomic E-state index is 0.126. The molecule has 2 aromatic heterocycles. The smallest absolute Gasteiger partial charge is 0.294 e. The van der Waals surface area contributed by atoms with E-state index in [1.54, 1.807) is 12.3 Å². The van der Waals surface area contributed by atoms with Gasteiger partial charge in [-0.25, -0.2) is 4.98 Å². The van der Waals surface area contributed by atoms with Gasteiger partial charge in [0, 0.05) is 61.8 Å². The zero-order chi connectivity index (χ0) is 24.0. The molecule has 0 bridgehead atoms. The third-order valence-electron chi connectivity index (χ3n) is 6.73. The van der Waals surface area contributed by atoms with Gasteiger partial charge < -0.3 is 25.0 Å². The van der Waals surface area contributed by atoms with Crippen molar-refractivity contribution in [1.82, 2.24) is 19.9 Å². The molecule has 2 fully saturated rings. The molecule has 1 saturated carbocycles. The first kappa shape index (κ1) is 23.6.